The second-order valence-corrected chi connectivity index (χ2v) is 3.41. The molecule has 1 aromatic rings. The molecule has 0 saturated carbocycles. The van der Waals surface area contributed by atoms with E-state index in [0.717, 1.165) is 22.8 Å². The molecule has 1 aromatic heterocycles. The fraction of sp³-hybridized carbons (Fsp3) is 0.286. The second kappa shape index (κ2) is 2.79. The third kappa shape index (κ3) is 1.23. The Labute approximate surface area is 74.2 Å². The van der Waals surface area contributed by atoms with E-state index in [-0.39, 0.29) is 0 Å². The summed E-state index contributed by atoms with van der Waals surface area (Å²) >= 11 is 6.73. The van der Waals surface area contributed by atoms with Crippen LogP contribution in [0.25, 0.3) is 0 Å². The lowest BCUT2D eigenvalue weighted by Crippen LogP contribution is -2.23. The van der Waals surface area contributed by atoms with Gasteiger partial charge in [-0.05, 0) is 0 Å². The standard InChI is InChI=1S/C7H7NOS2/c10-7-5-3-11-4-6(5)9-2-1-8-7/h3-4H,1-2H2,(H,8,10). The Morgan fingerprint density at radius 1 is 1.55 bits per heavy atom. The first-order chi connectivity index (χ1) is 5.38. The van der Waals surface area contributed by atoms with E-state index in [0.29, 0.717) is 6.61 Å². The molecule has 1 aliphatic heterocycles. The Morgan fingerprint density at radius 2 is 2.45 bits per heavy atom. The van der Waals surface area contributed by atoms with Crippen LogP contribution in [0, 0.1) is 0 Å². The molecule has 0 bridgehead atoms. The van der Waals surface area contributed by atoms with Crippen LogP contribution < -0.4 is 10.1 Å². The highest BCUT2D eigenvalue weighted by Gasteiger charge is 2.12. The Morgan fingerprint density at radius 3 is 3.36 bits per heavy atom. The highest BCUT2D eigenvalue weighted by molar-refractivity contribution is 7.80. The van der Waals surface area contributed by atoms with Crippen LogP contribution in [-0.2, 0) is 0 Å². The van der Waals surface area contributed by atoms with Gasteiger partial charge >= 0.3 is 0 Å². The molecule has 2 rings (SSSR count). The van der Waals surface area contributed by atoms with Crippen molar-refractivity contribution in [3.8, 4) is 5.75 Å². The van der Waals surface area contributed by atoms with Crippen molar-refractivity contribution in [1.82, 2.24) is 5.32 Å². The van der Waals surface area contributed by atoms with E-state index in [4.69, 9.17) is 17.0 Å². The van der Waals surface area contributed by atoms with Crippen molar-refractivity contribution in [2.75, 3.05) is 13.2 Å². The SMILES string of the molecule is S=C1NCCOc2cscc21. The van der Waals surface area contributed by atoms with Crippen molar-refractivity contribution in [2.24, 2.45) is 0 Å². The van der Waals surface area contributed by atoms with Crippen LogP contribution in [0.15, 0.2) is 10.8 Å². The van der Waals surface area contributed by atoms with E-state index >= 15 is 0 Å². The maximum absolute atomic E-state index is 5.42. The molecule has 2 nitrogen and oxygen atoms in total. The molecule has 4 heteroatoms. The molecule has 0 radical (unpaired) electrons. The van der Waals surface area contributed by atoms with Gasteiger partial charge < -0.3 is 10.1 Å². The van der Waals surface area contributed by atoms with E-state index in [1.54, 1.807) is 11.3 Å². The summed E-state index contributed by atoms with van der Waals surface area (Å²) in [5.41, 5.74) is 1.03. The molecule has 0 atom stereocenters. The van der Waals surface area contributed by atoms with E-state index in [2.05, 4.69) is 5.32 Å². The number of nitrogens with one attached hydrogen (secondary N) is 1. The minimum absolute atomic E-state index is 0.698. The summed E-state index contributed by atoms with van der Waals surface area (Å²) in [6.07, 6.45) is 0. The fourth-order valence-corrected chi connectivity index (χ4v) is 2.08. The molecule has 0 unspecified atom stereocenters. The normalized spacial score (nSPS) is 16.2. The molecule has 1 aliphatic rings. The van der Waals surface area contributed by atoms with Crippen molar-refractivity contribution in [3.05, 3.63) is 16.3 Å². The minimum atomic E-state index is 0.698. The number of ether oxygens (including phenoxy) is 1. The van der Waals surface area contributed by atoms with Crippen LogP contribution in [0.4, 0.5) is 0 Å². The van der Waals surface area contributed by atoms with Crippen molar-refractivity contribution < 1.29 is 4.74 Å². The molecule has 11 heavy (non-hydrogen) atoms. The van der Waals surface area contributed by atoms with E-state index in [1.165, 1.54) is 0 Å². The van der Waals surface area contributed by atoms with Crippen LogP contribution in [0.3, 0.4) is 0 Å². The molecular formula is C7H7NOS2. The molecular weight excluding hydrogens is 178 g/mol. The highest BCUT2D eigenvalue weighted by Crippen LogP contribution is 2.24. The molecule has 0 aromatic carbocycles. The van der Waals surface area contributed by atoms with Crippen molar-refractivity contribution in [1.29, 1.82) is 0 Å². The van der Waals surface area contributed by atoms with E-state index in [1.807, 2.05) is 10.8 Å². The van der Waals surface area contributed by atoms with Crippen molar-refractivity contribution in [3.63, 3.8) is 0 Å². The van der Waals surface area contributed by atoms with Crippen LogP contribution in [0.1, 0.15) is 5.56 Å². The van der Waals surface area contributed by atoms with Crippen LogP contribution >= 0.6 is 23.6 Å². The lowest BCUT2D eigenvalue weighted by molar-refractivity contribution is 0.328. The molecule has 58 valence electrons. The highest BCUT2D eigenvalue weighted by atomic mass is 32.1. The summed E-state index contributed by atoms with van der Waals surface area (Å²) in [7, 11) is 0. The molecule has 0 aliphatic carbocycles. The Kier molecular flexibility index (Phi) is 1.79. The maximum Gasteiger partial charge on any atom is 0.140 e. The average Bonchev–Trinajstić information content (AvgIpc) is 2.40. The van der Waals surface area contributed by atoms with Gasteiger partial charge in [0.25, 0.3) is 0 Å². The summed E-state index contributed by atoms with van der Waals surface area (Å²) in [6.45, 7) is 1.50. The zero-order valence-electron chi connectivity index (χ0n) is 5.79. The summed E-state index contributed by atoms with van der Waals surface area (Å²) in [5.74, 6) is 0.921. The lowest BCUT2D eigenvalue weighted by Gasteiger charge is -1.97. The first-order valence-electron chi connectivity index (χ1n) is 3.35. The van der Waals surface area contributed by atoms with E-state index < -0.39 is 0 Å². The van der Waals surface area contributed by atoms with Gasteiger partial charge in [0.2, 0.25) is 0 Å². The fourth-order valence-electron chi connectivity index (χ4n) is 0.983. The van der Waals surface area contributed by atoms with Crippen molar-refractivity contribution in [2.45, 2.75) is 0 Å². The largest absolute Gasteiger partial charge is 0.490 e. The number of hydrogen-bond donors (Lipinski definition) is 1. The first kappa shape index (κ1) is 7.06. The molecule has 0 saturated heterocycles. The third-order valence-electron chi connectivity index (χ3n) is 1.52. The van der Waals surface area contributed by atoms with Crippen molar-refractivity contribution >= 4 is 28.5 Å². The zero-order valence-corrected chi connectivity index (χ0v) is 7.43. The molecule has 1 N–H and O–H groups in total. The van der Waals surface area contributed by atoms with Gasteiger partial charge in [0.1, 0.15) is 17.3 Å². The Bertz CT molecular complexity index is 282. The number of fused-ring (bicyclic) bond motifs is 1. The summed E-state index contributed by atoms with van der Waals surface area (Å²) in [5, 5.41) is 7.09. The molecule has 0 fully saturated rings. The van der Waals surface area contributed by atoms with Gasteiger partial charge in [-0.1, -0.05) is 12.2 Å². The van der Waals surface area contributed by atoms with E-state index in [9.17, 15) is 0 Å². The number of rotatable bonds is 0. The van der Waals surface area contributed by atoms with Crippen LogP contribution in [0.5, 0.6) is 5.75 Å². The quantitative estimate of drug-likeness (QED) is 0.617. The van der Waals surface area contributed by atoms with Gasteiger partial charge in [0.05, 0.1) is 5.56 Å². The average molecular weight is 185 g/mol. The van der Waals surface area contributed by atoms with Crippen LogP contribution in [0.2, 0.25) is 0 Å². The summed E-state index contributed by atoms with van der Waals surface area (Å²) in [6, 6.07) is 0. The van der Waals surface area contributed by atoms with Crippen LogP contribution in [-0.4, -0.2) is 18.1 Å². The molecule has 2 heterocycles. The van der Waals surface area contributed by atoms with Gasteiger partial charge in [-0.15, -0.1) is 11.3 Å². The Balaban J connectivity index is 2.41. The maximum atomic E-state index is 5.42. The topological polar surface area (TPSA) is 21.3 Å². The third-order valence-corrected chi connectivity index (χ3v) is 2.60. The number of hydrogen-bond acceptors (Lipinski definition) is 3. The van der Waals surface area contributed by atoms with Gasteiger partial charge in [-0.3, -0.25) is 0 Å². The predicted octanol–water partition coefficient (Wildman–Crippen LogP) is 1.41. The minimum Gasteiger partial charge on any atom is -0.490 e. The molecule has 0 amide bonds. The summed E-state index contributed by atoms with van der Waals surface area (Å²) in [4.78, 5) is 0.804. The first-order valence-corrected chi connectivity index (χ1v) is 4.70. The predicted molar refractivity (Wildman–Crippen MR) is 49.5 cm³/mol. The molecule has 0 spiro atoms. The zero-order chi connectivity index (χ0) is 7.68. The van der Waals surface area contributed by atoms with Gasteiger partial charge in [0.15, 0.2) is 0 Å². The summed E-state index contributed by atoms with van der Waals surface area (Å²) < 4.78 is 5.42. The second-order valence-electron chi connectivity index (χ2n) is 2.25. The van der Waals surface area contributed by atoms with Gasteiger partial charge in [-0.25, -0.2) is 0 Å². The monoisotopic (exact) mass is 185 g/mol. The van der Waals surface area contributed by atoms with Gasteiger partial charge in [0, 0.05) is 17.3 Å². The van der Waals surface area contributed by atoms with Gasteiger partial charge in [-0.2, -0.15) is 0 Å². The Hall–Kier alpha value is -0.610. The number of thiophene rings is 1. The lowest BCUT2D eigenvalue weighted by atomic mass is 10.3. The number of thiocarbonyl (C=S) groups is 1. The smallest absolute Gasteiger partial charge is 0.140 e.